The largest absolute Gasteiger partial charge is 0.497 e. The molecule has 1 aromatic carbocycles. The van der Waals surface area contributed by atoms with Crippen LogP contribution >= 0.6 is 0 Å². The zero-order valence-electron chi connectivity index (χ0n) is 5.42. The second-order valence-corrected chi connectivity index (χ2v) is 2.57. The Bertz CT molecular complexity index is 198. The molecule has 0 fully saturated rings. The van der Waals surface area contributed by atoms with E-state index in [0.29, 0.717) is 0 Å². The SMILES string of the molecule is COc1ccccc1[SiH2]. The van der Waals surface area contributed by atoms with Gasteiger partial charge < -0.3 is 4.74 Å². The fourth-order valence-electron chi connectivity index (χ4n) is 0.703. The standard InChI is InChI=1S/C7H9OSi/c1-8-6-4-2-3-5-7(6)9/h2-5H,9H2,1H3. The molecule has 0 saturated carbocycles. The first-order chi connectivity index (χ1) is 4.34. The molecule has 0 heterocycles. The van der Waals surface area contributed by atoms with Crippen molar-refractivity contribution in [1.29, 1.82) is 0 Å². The fraction of sp³-hybridized carbons (Fsp3) is 0.143. The van der Waals surface area contributed by atoms with Crippen LogP contribution in [0.3, 0.4) is 0 Å². The van der Waals surface area contributed by atoms with Gasteiger partial charge in [0.25, 0.3) is 0 Å². The molecule has 0 amide bonds. The van der Waals surface area contributed by atoms with E-state index in [9.17, 15) is 0 Å². The summed E-state index contributed by atoms with van der Waals surface area (Å²) >= 11 is 0. The Morgan fingerprint density at radius 2 is 2.00 bits per heavy atom. The van der Waals surface area contributed by atoms with Crippen molar-refractivity contribution in [3.8, 4) is 5.75 Å². The summed E-state index contributed by atoms with van der Waals surface area (Å²) in [5.74, 6) is 0.968. The molecule has 1 radical (unpaired) electrons. The molecule has 1 aromatic rings. The van der Waals surface area contributed by atoms with Gasteiger partial charge in [0.2, 0.25) is 0 Å². The van der Waals surface area contributed by atoms with Crippen molar-refractivity contribution in [2.45, 2.75) is 0 Å². The first kappa shape index (κ1) is 6.36. The number of para-hydroxylation sites is 1. The van der Waals surface area contributed by atoms with E-state index in [4.69, 9.17) is 4.74 Å². The van der Waals surface area contributed by atoms with E-state index in [1.165, 1.54) is 5.19 Å². The van der Waals surface area contributed by atoms with Crippen LogP contribution in [-0.2, 0) is 0 Å². The lowest BCUT2D eigenvalue weighted by Gasteiger charge is -2.00. The van der Waals surface area contributed by atoms with Crippen molar-refractivity contribution in [2.24, 2.45) is 0 Å². The Hall–Kier alpha value is -0.763. The molecule has 0 N–H and O–H groups in total. The van der Waals surface area contributed by atoms with Gasteiger partial charge in [0.1, 0.15) is 5.75 Å². The number of methoxy groups -OCH3 is 1. The number of benzene rings is 1. The molecule has 0 aliphatic rings. The van der Waals surface area contributed by atoms with Gasteiger partial charge in [-0.05, 0) is 11.3 Å². The van der Waals surface area contributed by atoms with Crippen LogP contribution in [-0.4, -0.2) is 17.4 Å². The summed E-state index contributed by atoms with van der Waals surface area (Å²) in [4.78, 5) is 0. The molecule has 0 aliphatic carbocycles. The van der Waals surface area contributed by atoms with Crippen LogP contribution in [0, 0.1) is 0 Å². The van der Waals surface area contributed by atoms with Crippen LogP contribution < -0.4 is 9.92 Å². The maximum absolute atomic E-state index is 5.05. The van der Waals surface area contributed by atoms with Crippen LogP contribution in [0.4, 0.5) is 0 Å². The average molecular weight is 137 g/mol. The second kappa shape index (κ2) is 2.69. The monoisotopic (exact) mass is 137 g/mol. The van der Waals surface area contributed by atoms with E-state index in [-0.39, 0.29) is 0 Å². The fourth-order valence-corrected chi connectivity index (χ4v) is 1.10. The maximum Gasteiger partial charge on any atom is 0.117 e. The minimum absolute atomic E-state index is 0.968. The molecule has 0 atom stereocenters. The molecule has 0 unspecified atom stereocenters. The van der Waals surface area contributed by atoms with E-state index < -0.39 is 0 Å². The minimum atomic E-state index is 0.968. The Kier molecular flexibility index (Phi) is 1.90. The van der Waals surface area contributed by atoms with Gasteiger partial charge in [0.15, 0.2) is 0 Å². The Morgan fingerprint density at radius 3 is 2.44 bits per heavy atom. The molecule has 2 heteroatoms. The predicted molar refractivity (Wildman–Crippen MR) is 41.2 cm³/mol. The molecule has 9 heavy (non-hydrogen) atoms. The van der Waals surface area contributed by atoms with Gasteiger partial charge in [0, 0.05) is 0 Å². The molecule has 0 aliphatic heterocycles. The van der Waals surface area contributed by atoms with Gasteiger partial charge in [-0.1, -0.05) is 18.2 Å². The lowest BCUT2D eigenvalue weighted by atomic mass is 10.3. The number of hydrogen-bond acceptors (Lipinski definition) is 1. The molecule has 1 rings (SSSR count). The summed E-state index contributed by atoms with van der Waals surface area (Å²) in [7, 11) is 3.52. The topological polar surface area (TPSA) is 9.23 Å². The Labute approximate surface area is 58.1 Å². The van der Waals surface area contributed by atoms with Crippen LogP contribution in [0.5, 0.6) is 5.75 Å². The summed E-state index contributed by atoms with van der Waals surface area (Å²) in [5.41, 5.74) is 0. The van der Waals surface area contributed by atoms with Crippen molar-refractivity contribution in [3.05, 3.63) is 24.3 Å². The molecule has 47 valence electrons. The highest BCUT2D eigenvalue weighted by molar-refractivity contribution is 6.34. The lowest BCUT2D eigenvalue weighted by Crippen LogP contribution is -2.05. The van der Waals surface area contributed by atoms with Crippen LogP contribution in [0.25, 0.3) is 0 Å². The zero-order valence-corrected chi connectivity index (χ0v) is 6.84. The summed E-state index contributed by atoms with van der Waals surface area (Å²) < 4.78 is 5.05. The summed E-state index contributed by atoms with van der Waals surface area (Å²) in [6, 6.07) is 7.97. The van der Waals surface area contributed by atoms with E-state index in [1.54, 1.807) is 7.11 Å². The van der Waals surface area contributed by atoms with E-state index in [2.05, 4.69) is 0 Å². The van der Waals surface area contributed by atoms with Gasteiger partial charge in [-0.2, -0.15) is 0 Å². The second-order valence-electron chi connectivity index (χ2n) is 1.81. The molecular formula is C7H9OSi. The minimum Gasteiger partial charge on any atom is -0.497 e. The van der Waals surface area contributed by atoms with Crippen molar-refractivity contribution in [2.75, 3.05) is 7.11 Å². The van der Waals surface area contributed by atoms with Gasteiger partial charge in [0.05, 0.1) is 17.4 Å². The third kappa shape index (κ3) is 1.33. The molecule has 0 aromatic heterocycles. The van der Waals surface area contributed by atoms with Crippen molar-refractivity contribution < 1.29 is 4.74 Å². The molecule has 0 bridgehead atoms. The maximum atomic E-state index is 5.05. The quantitative estimate of drug-likeness (QED) is 0.493. The third-order valence-electron chi connectivity index (χ3n) is 1.19. The van der Waals surface area contributed by atoms with E-state index >= 15 is 0 Å². The molecule has 1 nitrogen and oxygen atoms in total. The molecular weight excluding hydrogens is 128 g/mol. The Morgan fingerprint density at radius 1 is 1.33 bits per heavy atom. The predicted octanol–water partition coefficient (Wildman–Crippen LogP) is -0.0464. The average Bonchev–Trinajstić information content (AvgIpc) is 1.89. The summed E-state index contributed by atoms with van der Waals surface area (Å²) in [6.45, 7) is 0. The number of hydrogen-bond donors (Lipinski definition) is 0. The van der Waals surface area contributed by atoms with Crippen molar-refractivity contribution in [1.82, 2.24) is 0 Å². The number of ether oxygens (including phenoxy) is 1. The normalized spacial score (nSPS) is 9.11. The van der Waals surface area contributed by atoms with Crippen LogP contribution in [0.2, 0.25) is 0 Å². The van der Waals surface area contributed by atoms with Crippen LogP contribution in [0.15, 0.2) is 24.3 Å². The highest BCUT2D eigenvalue weighted by Gasteiger charge is 1.90. The molecule has 0 saturated heterocycles. The zero-order chi connectivity index (χ0) is 6.69. The first-order valence-electron chi connectivity index (χ1n) is 2.79. The summed E-state index contributed by atoms with van der Waals surface area (Å²) in [5, 5.41) is 1.21. The lowest BCUT2D eigenvalue weighted by molar-refractivity contribution is 0.418. The highest BCUT2D eigenvalue weighted by atomic mass is 28.1. The number of rotatable bonds is 1. The smallest absolute Gasteiger partial charge is 0.117 e. The third-order valence-corrected chi connectivity index (χ3v) is 1.78. The summed E-state index contributed by atoms with van der Waals surface area (Å²) in [6.07, 6.45) is 0. The highest BCUT2D eigenvalue weighted by Crippen LogP contribution is 2.01. The van der Waals surface area contributed by atoms with Crippen molar-refractivity contribution >= 4 is 15.4 Å². The van der Waals surface area contributed by atoms with Gasteiger partial charge >= 0.3 is 0 Å². The Balaban J connectivity index is 3.01. The van der Waals surface area contributed by atoms with Crippen LogP contribution in [0.1, 0.15) is 0 Å². The van der Waals surface area contributed by atoms with Gasteiger partial charge in [-0.25, -0.2) is 0 Å². The van der Waals surface area contributed by atoms with Crippen molar-refractivity contribution in [3.63, 3.8) is 0 Å². The van der Waals surface area contributed by atoms with Gasteiger partial charge in [-0.15, -0.1) is 0 Å². The van der Waals surface area contributed by atoms with E-state index in [0.717, 1.165) is 5.75 Å². The van der Waals surface area contributed by atoms with Gasteiger partial charge in [-0.3, -0.25) is 0 Å². The first-order valence-corrected chi connectivity index (χ1v) is 3.50. The van der Waals surface area contributed by atoms with E-state index in [1.807, 2.05) is 34.5 Å². The molecule has 0 spiro atoms.